The van der Waals surface area contributed by atoms with E-state index in [2.05, 4.69) is 44.9 Å². The minimum absolute atomic E-state index is 0.688. The number of aryl methyl sites for hydroxylation is 1. The maximum Gasteiger partial charge on any atom is 0.142 e. The molecule has 1 aromatic carbocycles. The number of hydrogen-bond donors (Lipinski definition) is 0. The van der Waals surface area contributed by atoms with Crippen LogP contribution in [0.15, 0.2) is 36.7 Å². The van der Waals surface area contributed by atoms with Crippen molar-refractivity contribution in [2.75, 3.05) is 42.6 Å². The van der Waals surface area contributed by atoms with Gasteiger partial charge >= 0.3 is 0 Å². The lowest BCUT2D eigenvalue weighted by atomic mass is 10.2. The summed E-state index contributed by atoms with van der Waals surface area (Å²) in [6.45, 7) is 8.64. The van der Waals surface area contributed by atoms with Crippen LogP contribution >= 0.6 is 11.3 Å². The van der Waals surface area contributed by atoms with Gasteiger partial charge in [-0.05, 0) is 32.0 Å². The summed E-state index contributed by atoms with van der Waals surface area (Å²) in [5, 5.41) is 1.17. The molecule has 130 valence electrons. The normalized spacial score (nSPS) is 15.0. The quantitative estimate of drug-likeness (QED) is 0.714. The van der Waals surface area contributed by atoms with Gasteiger partial charge in [0.1, 0.15) is 22.7 Å². The number of para-hydroxylation sites is 2. The Bertz CT molecular complexity index is 871. The third kappa shape index (κ3) is 3.14. The van der Waals surface area contributed by atoms with Crippen molar-refractivity contribution in [3.05, 3.63) is 41.5 Å². The van der Waals surface area contributed by atoms with Gasteiger partial charge in [-0.1, -0.05) is 12.1 Å². The monoisotopic (exact) mass is 354 g/mol. The Hall–Kier alpha value is -2.34. The van der Waals surface area contributed by atoms with Gasteiger partial charge in [-0.15, -0.1) is 11.3 Å². The minimum atomic E-state index is 0.688. The van der Waals surface area contributed by atoms with Crippen LogP contribution < -0.4 is 14.5 Å². The van der Waals surface area contributed by atoms with E-state index < -0.39 is 0 Å². The fourth-order valence-electron chi connectivity index (χ4n) is 3.37. The second kappa shape index (κ2) is 6.88. The number of ether oxygens (including phenoxy) is 1. The Morgan fingerprint density at radius 1 is 1.08 bits per heavy atom. The number of fused-ring (bicyclic) bond motifs is 1. The van der Waals surface area contributed by atoms with E-state index in [0.717, 1.165) is 42.6 Å². The summed E-state index contributed by atoms with van der Waals surface area (Å²) in [5.74, 6) is 2.03. The largest absolute Gasteiger partial charge is 0.492 e. The lowest BCUT2D eigenvalue weighted by molar-refractivity contribution is 0.340. The van der Waals surface area contributed by atoms with Crippen molar-refractivity contribution in [1.82, 2.24) is 9.97 Å². The highest BCUT2D eigenvalue weighted by Crippen LogP contribution is 2.32. The average Bonchev–Trinajstić information content (AvgIpc) is 3.03. The van der Waals surface area contributed by atoms with Crippen molar-refractivity contribution in [2.24, 2.45) is 0 Å². The van der Waals surface area contributed by atoms with E-state index in [1.807, 2.05) is 19.1 Å². The summed E-state index contributed by atoms with van der Waals surface area (Å²) < 4.78 is 5.79. The fraction of sp³-hybridized carbons (Fsp3) is 0.368. The van der Waals surface area contributed by atoms with Crippen molar-refractivity contribution >= 4 is 33.1 Å². The number of nitrogens with zero attached hydrogens (tertiary/aromatic N) is 4. The van der Waals surface area contributed by atoms with Gasteiger partial charge in [0.25, 0.3) is 0 Å². The molecular weight excluding hydrogens is 332 g/mol. The predicted octanol–water partition coefficient (Wildman–Crippen LogP) is 3.73. The first-order chi connectivity index (χ1) is 12.3. The molecule has 0 unspecified atom stereocenters. The van der Waals surface area contributed by atoms with Gasteiger partial charge in [-0.2, -0.15) is 0 Å². The van der Waals surface area contributed by atoms with Gasteiger partial charge in [0, 0.05) is 31.1 Å². The fourth-order valence-corrected chi connectivity index (χ4v) is 4.21. The Kier molecular flexibility index (Phi) is 4.44. The average molecular weight is 354 g/mol. The Labute approximate surface area is 151 Å². The van der Waals surface area contributed by atoms with Gasteiger partial charge < -0.3 is 14.5 Å². The molecule has 0 N–H and O–H groups in total. The number of thiophene rings is 1. The summed E-state index contributed by atoms with van der Waals surface area (Å²) in [6.07, 6.45) is 1.68. The zero-order valence-corrected chi connectivity index (χ0v) is 15.4. The molecule has 3 aromatic rings. The molecule has 3 heterocycles. The van der Waals surface area contributed by atoms with Crippen LogP contribution in [0, 0.1) is 6.92 Å². The number of aromatic nitrogens is 2. The van der Waals surface area contributed by atoms with Gasteiger partial charge in [0.05, 0.1) is 17.7 Å². The molecule has 1 aliphatic rings. The van der Waals surface area contributed by atoms with E-state index in [1.165, 1.54) is 16.0 Å². The number of piperazine rings is 1. The van der Waals surface area contributed by atoms with Crippen LogP contribution in [0.1, 0.15) is 11.8 Å². The molecule has 0 aliphatic carbocycles. The highest BCUT2D eigenvalue weighted by atomic mass is 32.1. The van der Waals surface area contributed by atoms with E-state index in [0.29, 0.717) is 6.61 Å². The Morgan fingerprint density at radius 2 is 1.84 bits per heavy atom. The maximum absolute atomic E-state index is 5.79. The lowest BCUT2D eigenvalue weighted by Gasteiger charge is -2.37. The number of hydrogen-bond acceptors (Lipinski definition) is 6. The zero-order valence-electron chi connectivity index (χ0n) is 14.6. The summed E-state index contributed by atoms with van der Waals surface area (Å²) in [5.41, 5.74) is 1.18. The summed E-state index contributed by atoms with van der Waals surface area (Å²) in [4.78, 5) is 16.1. The van der Waals surface area contributed by atoms with Crippen LogP contribution in [-0.2, 0) is 0 Å². The molecule has 1 fully saturated rings. The first-order valence-corrected chi connectivity index (χ1v) is 9.51. The molecule has 0 amide bonds. The number of benzene rings is 1. The summed E-state index contributed by atoms with van der Waals surface area (Å²) in [6, 6.07) is 10.5. The van der Waals surface area contributed by atoms with E-state index >= 15 is 0 Å². The van der Waals surface area contributed by atoms with Crippen LogP contribution in [0.2, 0.25) is 0 Å². The summed E-state index contributed by atoms with van der Waals surface area (Å²) in [7, 11) is 0. The van der Waals surface area contributed by atoms with Gasteiger partial charge in [-0.3, -0.25) is 0 Å². The van der Waals surface area contributed by atoms with Crippen molar-refractivity contribution in [1.29, 1.82) is 0 Å². The van der Waals surface area contributed by atoms with E-state index in [4.69, 9.17) is 4.74 Å². The first kappa shape index (κ1) is 16.1. The molecule has 0 atom stereocenters. The minimum Gasteiger partial charge on any atom is -0.492 e. The molecule has 2 aromatic heterocycles. The van der Waals surface area contributed by atoms with Crippen molar-refractivity contribution in [3.8, 4) is 5.75 Å². The van der Waals surface area contributed by atoms with Crippen molar-refractivity contribution in [3.63, 3.8) is 0 Å². The van der Waals surface area contributed by atoms with Crippen molar-refractivity contribution in [2.45, 2.75) is 13.8 Å². The second-order valence-corrected chi connectivity index (χ2v) is 7.38. The SMILES string of the molecule is CCOc1ccccc1N1CCN(c2ncnc3sc(C)cc23)CC1. The van der Waals surface area contributed by atoms with Crippen molar-refractivity contribution < 1.29 is 4.74 Å². The Morgan fingerprint density at radius 3 is 2.64 bits per heavy atom. The third-order valence-corrected chi connectivity index (χ3v) is 5.48. The molecule has 0 bridgehead atoms. The first-order valence-electron chi connectivity index (χ1n) is 8.69. The highest BCUT2D eigenvalue weighted by Gasteiger charge is 2.22. The lowest BCUT2D eigenvalue weighted by Crippen LogP contribution is -2.47. The molecule has 5 nitrogen and oxygen atoms in total. The molecule has 0 saturated carbocycles. The van der Waals surface area contributed by atoms with E-state index in [1.54, 1.807) is 17.7 Å². The molecular formula is C19H22N4OS. The van der Waals surface area contributed by atoms with Gasteiger partial charge in [0.15, 0.2) is 0 Å². The van der Waals surface area contributed by atoms with Gasteiger partial charge in [0.2, 0.25) is 0 Å². The van der Waals surface area contributed by atoms with E-state index in [9.17, 15) is 0 Å². The number of rotatable bonds is 4. The third-order valence-electron chi connectivity index (χ3n) is 4.52. The smallest absolute Gasteiger partial charge is 0.142 e. The highest BCUT2D eigenvalue weighted by molar-refractivity contribution is 7.18. The van der Waals surface area contributed by atoms with Crippen LogP contribution in [0.25, 0.3) is 10.2 Å². The molecule has 25 heavy (non-hydrogen) atoms. The maximum atomic E-state index is 5.79. The van der Waals surface area contributed by atoms with Crippen LogP contribution in [-0.4, -0.2) is 42.8 Å². The van der Waals surface area contributed by atoms with Crippen LogP contribution in [0.3, 0.4) is 0 Å². The van der Waals surface area contributed by atoms with Gasteiger partial charge in [-0.25, -0.2) is 9.97 Å². The standard InChI is InChI=1S/C19H22N4OS/c1-3-24-17-7-5-4-6-16(17)22-8-10-23(11-9-22)18-15-12-14(2)25-19(15)21-13-20-18/h4-7,12-13H,3,8-11H2,1-2H3. The number of anilines is 2. The van der Waals surface area contributed by atoms with Crippen LogP contribution in [0.4, 0.5) is 11.5 Å². The zero-order chi connectivity index (χ0) is 17.2. The van der Waals surface area contributed by atoms with E-state index in [-0.39, 0.29) is 0 Å². The molecule has 1 aliphatic heterocycles. The van der Waals surface area contributed by atoms with Crippen LogP contribution in [0.5, 0.6) is 5.75 Å². The second-order valence-electron chi connectivity index (χ2n) is 6.15. The topological polar surface area (TPSA) is 41.5 Å². The molecule has 0 radical (unpaired) electrons. The molecule has 1 saturated heterocycles. The summed E-state index contributed by atoms with van der Waals surface area (Å²) >= 11 is 1.73. The molecule has 4 rings (SSSR count). The predicted molar refractivity (Wildman–Crippen MR) is 104 cm³/mol. The Balaban J connectivity index is 1.53. The molecule has 6 heteroatoms. The molecule has 0 spiro atoms.